The molecule has 10 nitrogen and oxygen atoms in total. The Morgan fingerprint density at radius 3 is 2.40 bits per heavy atom. The molecule has 0 spiro atoms. The summed E-state index contributed by atoms with van der Waals surface area (Å²) in [5.74, 6) is -3.52. The van der Waals surface area contributed by atoms with Gasteiger partial charge in [-0.05, 0) is 62.3 Å². The first-order valence-corrected chi connectivity index (χ1v) is 14.7. The fourth-order valence-corrected chi connectivity index (χ4v) is 5.49. The molecule has 2 aromatic heterocycles. The van der Waals surface area contributed by atoms with Crippen molar-refractivity contribution >= 4 is 34.6 Å². The van der Waals surface area contributed by atoms with Crippen LogP contribution in [0.15, 0.2) is 24.3 Å². The zero-order valence-electron chi connectivity index (χ0n) is 24.5. The quantitative estimate of drug-likeness (QED) is 0.193. The molecule has 1 saturated carbocycles. The van der Waals surface area contributed by atoms with Crippen LogP contribution in [0, 0.1) is 5.92 Å². The lowest BCUT2D eigenvalue weighted by Crippen LogP contribution is -2.40. The Bertz CT molecular complexity index is 1580. The second-order valence-corrected chi connectivity index (χ2v) is 11.3. The lowest BCUT2D eigenvalue weighted by atomic mass is 9.85. The number of halogens is 8. The summed E-state index contributed by atoms with van der Waals surface area (Å²) in [6, 6.07) is 3.74. The summed E-state index contributed by atoms with van der Waals surface area (Å²) in [7, 11) is 0. The van der Waals surface area contributed by atoms with E-state index in [0.29, 0.717) is 18.6 Å². The van der Waals surface area contributed by atoms with Gasteiger partial charge < -0.3 is 30.4 Å². The van der Waals surface area contributed by atoms with Gasteiger partial charge in [0.15, 0.2) is 12.3 Å². The number of carbonyl (C=O) groups is 2. The maximum atomic E-state index is 13.9. The van der Waals surface area contributed by atoms with Crippen molar-refractivity contribution in [3.63, 3.8) is 0 Å². The van der Waals surface area contributed by atoms with Crippen molar-refractivity contribution in [2.75, 3.05) is 18.5 Å². The molecule has 3 aromatic rings. The van der Waals surface area contributed by atoms with Gasteiger partial charge in [0, 0.05) is 19.2 Å². The van der Waals surface area contributed by atoms with Crippen molar-refractivity contribution in [2.24, 2.45) is 5.92 Å². The van der Waals surface area contributed by atoms with Crippen LogP contribution in [-0.4, -0.2) is 64.7 Å². The van der Waals surface area contributed by atoms with Gasteiger partial charge in [-0.1, -0.05) is 6.07 Å². The number of rotatable bonds is 10. The van der Waals surface area contributed by atoms with Crippen LogP contribution in [0.2, 0.25) is 0 Å². The number of alkyl halides is 8. The average Bonchev–Trinajstić information content (AvgIpc) is 3.67. The van der Waals surface area contributed by atoms with Crippen LogP contribution in [0.1, 0.15) is 60.0 Å². The molecule has 2 aliphatic rings. The molecule has 5 rings (SSSR count). The van der Waals surface area contributed by atoms with Gasteiger partial charge in [-0.2, -0.15) is 36.3 Å². The molecule has 18 heteroatoms. The van der Waals surface area contributed by atoms with E-state index in [0.717, 1.165) is 18.6 Å². The molecular weight excluding hydrogens is 648 g/mol. The number of imidazole rings is 1. The summed E-state index contributed by atoms with van der Waals surface area (Å²) in [6.45, 7) is -0.790. The number of nitrogens with one attached hydrogen (secondary N) is 4. The molecule has 47 heavy (non-hydrogen) atoms. The maximum Gasteiger partial charge on any atom is 0.418 e. The number of carbonyl (C=O) groups excluding carboxylic acids is 2. The Morgan fingerprint density at radius 1 is 1.02 bits per heavy atom. The second kappa shape index (κ2) is 13.9. The highest BCUT2D eigenvalue weighted by atomic mass is 19.4. The van der Waals surface area contributed by atoms with Crippen molar-refractivity contribution in [3.8, 4) is 5.88 Å². The first-order valence-electron chi connectivity index (χ1n) is 14.7. The fourth-order valence-electron chi connectivity index (χ4n) is 5.49. The topological polar surface area (TPSA) is 130 Å². The number of aromatic nitrogens is 3. The van der Waals surface area contributed by atoms with Crippen LogP contribution in [0.25, 0.3) is 11.2 Å². The highest BCUT2D eigenvalue weighted by molar-refractivity contribution is 5.99. The van der Waals surface area contributed by atoms with Gasteiger partial charge in [0.05, 0.1) is 22.7 Å². The lowest BCUT2D eigenvalue weighted by molar-refractivity contribution is -0.182. The Morgan fingerprint density at radius 2 is 1.77 bits per heavy atom. The summed E-state index contributed by atoms with van der Waals surface area (Å²) >= 11 is 0. The zero-order valence-corrected chi connectivity index (χ0v) is 24.5. The zero-order chi connectivity index (χ0) is 33.9. The van der Waals surface area contributed by atoms with E-state index in [1.165, 1.54) is 12.1 Å². The Labute approximate surface area is 262 Å². The van der Waals surface area contributed by atoms with Crippen molar-refractivity contribution in [1.82, 2.24) is 25.6 Å². The fraction of sp³-hybridized carbons (Fsp3) is 0.517. The number of fused-ring (bicyclic) bond motifs is 1. The number of amides is 2. The summed E-state index contributed by atoms with van der Waals surface area (Å²) in [6.07, 6.45) is -11.8. The average molecular weight is 679 g/mol. The summed E-state index contributed by atoms with van der Waals surface area (Å²) < 4.78 is 117. The first-order chi connectivity index (χ1) is 22.2. The number of aromatic amines is 1. The minimum atomic E-state index is -4.78. The van der Waals surface area contributed by atoms with Crippen molar-refractivity contribution in [3.05, 3.63) is 41.0 Å². The number of hydrogen-bond acceptors (Lipinski definition) is 7. The van der Waals surface area contributed by atoms with Crippen LogP contribution in [0.3, 0.4) is 0 Å². The first kappa shape index (κ1) is 34.1. The lowest BCUT2D eigenvalue weighted by Gasteiger charge is -2.30. The standard InChI is InChI=1S/C29H30F8N6O4/c30-22(31)13-47-26-17(24(44)39-16-6-4-15(5-7-16)28(32,33)34)11-20-23(42-26)43-27(41-20)40-19-10-14(3-8-18(19)29(35,36)37)12-38-25(45)21-2-1-9-46-21/h3,8,10-11,15-16,21-22H,1-2,4-7,9,12-13H2,(H,38,45)(H,39,44)(H2,40,41,42,43). The van der Waals surface area contributed by atoms with Crippen molar-refractivity contribution in [1.29, 1.82) is 0 Å². The number of H-pyrrole nitrogens is 1. The van der Waals surface area contributed by atoms with E-state index in [1.54, 1.807) is 0 Å². The van der Waals surface area contributed by atoms with Gasteiger partial charge in [0.1, 0.15) is 11.7 Å². The molecule has 1 aliphatic carbocycles. The number of pyridine rings is 1. The monoisotopic (exact) mass is 678 g/mol. The van der Waals surface area contributed by atoms with Gasteiger partial charge in [0.25, 0.3) is 12.3 Å². The Balaban J connectivity index is 1.37. The summed E-state index contributed by atoms with van der Waals surface area (Å²) in [5.41, 5.74) is -1.65. The van der Waals surface area contributed by atoms with Crippen LogP contribution < -0.4 is 20.7 Å². The predicted molar refractivity (Wildman–Crippen MR) is 150 cm³/mol. The molecule has 4 N–H and O–H groups in total. The van der Waals surface area contributed by atoms with Crippen molar-refractivity contribution in [2.45, 2.75) is 76.0 Å². The summed E-state index contributed by atoms with van der Waals surface area (Å²) in [4.78, 5) is 36.2. The van der Waals surface area contributed by atoms with Gasteiger partial charge in [0.2, 0.25) is 17.7 Å². The Hall–Kier alpha value is -4.22. The van der Waals surface area contributed by atoms with Crippen LogP contribution in [0.4, 0.5) is 46.8 Å². The number of anilines is 2. The molecule has 256 valence electrons. The third kappa shape index (κ3) is 8.58. The molecule has 1 unspecified atom stereocenters. The minimum Gasteiger partial charge on any atom is -0.471 e. The van der Waals surface area contributed by atoms with Crippen molar-refractivity contribution < 1.29 is 54.2 Å². The largest absolute Gasteiger partial charge is 0.471 e. The predicted octanol–water partition coefficient (Wildman–Crippen LogP) is 6.01. The number of hydrogen-bond donors (Lipinski definition) is 4. The molecule has 2 fully saturated rings. The number of ether oxygens (including phenoxy) is 2. The smallest absolute Gasteiger partial charge is 0.418 e. The third-order valence-electron chi connectivity index (χ3n) is 7.89. The van der Waals surface area contributed by atoms with E-state index in [-0.39, 0.29) is 60.8 Å². The molecular formula is C29H30F8N6O4. The van der Waals surface area contributed by atoms with Gasteiger partial charge in [-0.15, -0.1) is 0 Å². The van der Waals surface area contributed by atoms with E-state index in [9.17, 15) is 44.7 Å². The molecule has 1 atom stereocenters. The molecule has 0 bridgehead atoms. The van der Waals surface area contributed by atoms with Crippen LogP contribution in [0.5, 0.6) is 5.88 Å². The second-order valence-electron chi connectivity index (χ2n) is 11.3. The van der Waals surface area contributed by atoms with E-state index in [4.69, 9.17) is 9.47 Å². The number of nitrogens with zero attached hydrogens (tertiary/aromatic N) is 2. The maximum absolute atomic E-state index is 13.9. The van der Waals surface area contributed by atoms with Gasteiger partial charge in [-0.3, -0.25) is 9.59 Å². The molecule has 1 aliphatic heterocycles. The summed E-state index contributed by atoms with van der Waals surface area (Å²) in [5, 5.41) is 7.75. The molecule has 1 saturated heterocycles. The van der Waals surface area contributed by atoms with Gasteiger partial charge in [-0.25, -0.2) is 8.78 Å². The normalized spacial score (nSPS) is 20.4. The molecule has 3 heterocycles. The Kier molecular flexibility index (Phi) is 10.1. The number of benzene rings is 1. The highest BCUT2D eigenvalue weighted by Crippen LogP contribution is 2.38. The molecule has 1 aromatic carbocycles. The van der Waals surface area contributed by atoms with E-state index >= 15 is 0 Å². The highest BCUT2D eigenvalue weighted by Gasteiger charge is 2.41. The molecule has 2 amide bonds. The SMILES string of the molecule is O=C(NC1CCC(C(F)(F)F)CC1)c1cc2[nH]c(Nc3cc(CNC(=O)C4CCCO4)ccc3C(F)(F)F)nc2nc1OCC(F)F. The third-order valence-corrected chi connectivity index (χ3v) is 7.89. The van der Waals surface area contributed by atoms with E-state index in [1.807, 2.05) is 0 Å². The van der Waals surface area contributed by atoms with E-state index in [2.05, 4.69) is 30.9 Å². The molecule has 0 radical (unpaired) electrons. The van der Waals surface area contributed by atoms with Crippen LogP contribution >= 0.6 is 0 Å². The van der Waals surface area contributed by atoms with Crippen LogP contribution in [-0.2, 0) is 22.3 Å². The van der Waals surface area contributed by atoms with E-state index < -0.39 is 66.5 Å². The minimum absolute atomic E-state index is 0.0244. The van der Waals surface area contributed by atoms with Gasteiger partial charge >= 0.3 is 12.4 Å².